The first-order valence-corrected chi connectivity index (χ1v) is 12.3. The van der Waals surface area contributed by atoms with Gasteiger partial charge in [0.2, 0.25) is 5.91 Å². The van der Waals surface area contributed by atoms with E-state index in [-0.39, 0.29) is 43.1 Å². The second-order valence-electron chi connectivity index (χ2n) is 9.61. The van der Waals surface area contributed by atoms with E-state index in [1.807, 2.05) is 0 Å². The third-order valence-electron chi connectivity index (χ3n) is 7.13. The second kappa shape index (κ2) is 17.0. The van der Waals surface area contributed by atoms with Crippen molar-refractivity contribution in [1.29, 1.82) is 0 Å². The Balaban J connectivity index is 0.00000193. The molecule has 3 heterocycles. The van der Waals surface area contributed by atoms with Crippen molar-refractivity contribution in [2.24, 2.45) is 11.8 Å². The van der Waals surface area contributed by atoms with Crippen LogP contribution in [0.5, 0.6) is 0 Å². The predicted octanol–water partition coefficient (Wildman–Crippen LogP) is 3.37. The number of halogens is 3. The Hall–Kier alpha value is -0.600. The molecule has 3 aliphatic heterocycles. The van der Waals surface area contributed by atoms with Gasteiger partial charge in [0.05, 0.1) is 13.2 Å². The second-order valence-corrected chi connectivity index (χ2v) is 9.61. The Kier molecular flexibility index (Phi) is 15.7. The SMILES string of the molecule is Cl.Cl.Cl.O=C(CCC[C@H]1NCC2CC1CN(Cc1ccccc1)C2)NCCCN1CCOCC1. The van der Waals surface area contributed by atoms with Crippen LogP contribution < -0.4 is 10.6 Å². The summed E-state index contributed by atoms with van der Waals surface area (Å²) in [6.45, 7) is 10.1. The first-order chi connectivity index (χ1) is 15.3. The molecule has 0 saturated carbocycles. The molecule has 3 atom stereocenters. The maximum absolute atomic E-state index is 12.2. The van der Waals surface area contributed by atoms with Crippen molar-refractivity contribution < 1.29 is 9.53 Å². The number of carbonyl (C=O) groups excluding carboxylic acids is 1. The molecule has 2 unspecified atom stereocenters. The van der Waals surface area contributed by atoms with Crippen LogP contribution in [0.15, 0.2) is 30.3 Å². The summed E-state index contributed by atoms with van der Waals surface area (Å²) in [5.41, 5.74) is 1.41. The number of rotatable bonds is 10. The Morgan fingerprint density at radius 2 is 1.79 bits per heavy atom. The number of ether oxygens (including phenoxy) is 1. The first kappa shape index (κ1) is 31.4. The molecule has 2 N–H and O–H groups in total. The van der Waals surface area contributed by atoms with Crippen molar-refractivity contribution in [3.63, 3.8) is 0 Å². The summed E-state index contributed by atoms with van der Waals surface area (Å²) in [4.78, 5) is 17.3. The van der Waals surface area contributed by atoms with E-state index < -0.39 is 0 Å². The van der Waals surface area contributed by atoms with Crippen LogP contribution in [0.2, 0.25) is 0 Å². The zero-order chi connectivity index (χ0) is 21.3. The minimum atomic E-state index is 0. The topological polar surface area (TPSA) is 56.8 Å². The maximum atomic E-state index is 12.2. The standard InChI is InChI=1S/C25H40N4O2.3ClH/c30-25(26-10-5-11-28-12-14-31-15-13-28)9-4-8-24-23-16-22(17-27-24)19-29(20-23)18-21-6-2-1-3-7-21;;;/h1-3,6-7,22-24,27H,4-5,8-20H2,(H,26,30);3*1H/t22?,23?,24-;;;/m1.../s1. The molecule has 0 spiro atoms. The Labute approximate surface area is 224 Å². The van der Waals surface area contributed by atoms with E-state index >= 15 is 0 Å². The summed E-state index contributed by atoms with van der Waals surface area (Å²) in [5, 5.41) is 6.91. The molecule has 0 radical (unpaired) electrons. The van der Waals surface area contributed by atoms with E-state index in [1.165, 1.54) is 25.1 Å². The number of piperidine rings is 2. The fourth-order valence-corrected chi connectivity index (χ4v) is 5.51. The van der Waals surface area contributed by atoms with E-state index in [0.29, 0.717) is 18.4 Å². The number of hydrogen-bond donors (Lipinski definition) is 2. The third kappa shape index (κ3) is 10.2. The molecule has 1 aromatic rings. The summed E-state index contributed by atoms with van der Waals surface area (Å²) in [6, 6.07) is 11.4. The highest BCUT2D eigenvalue weighted by atomic mass is 35.5. The number of likely N-dealkylation sites (tertiary alicyclic amines) is 1. The molecular weight excluding hydrogens is 495 g/mol. The van der Waals surface area contributed by atoms with Gasteiger partial charge in [-0.05, 0) is 56.2 Å². The molecule has 9 heteroatoms. The van der Waals surface area contributed by atoms with E-state index in [9.17, 15) is 4.79 Å². The molecule has 0 aromatic heterocycles. The quantitative estimate of drug-likeness (QED) is 0.448. The average Bonchev–Trinajstić information content (AvgIpc) is 2.80. The maximum Gasteiger partial charge on any atom is 0.219 e. The number of morpholine rings is 1. The van der Waals surface area contributed by atoms with Crippen molar-refractivity contribution in [2.45, 2.75) is 44.7 Å². The highest BCUT2D eigenvalue weighted by Gasteiger charge is 2.36. The van der Waals surface area contributed by atoms with Gasteiger partial charge < -0.3 is 15.4 Å². The van der Waals surface area contributed by atoms with Gasteiger partial charge in [0.15, 0.2) is 0 Å². The fraction of sp³-hybridized carbons (Fsp3) is 0.720. The number of carbonyl (C=O) groups is 1. The van der Waals surface area contributed by atoms with Gasteiger partial charge >= 0.3 is 0 Å². The number of nitrogens with one attached hydrogen (secondary N) is 2. The number of benzene rings is 1. The van der Waals surface area contributed by atoms with Crippen molar-refractivity contribution in [3.8, 4) is 0 Å². The van der Waals surface area contributed by atoms with Crippen LogP contribution in [0.4, 0.5) is 0 Å². The van der Waals surface area contributed by atoms with Crippen LogP contribution >= 0.6 is 37.2 Å². The van der Waals surface area contributed by atoms with Gasteiger partial charge in [-0.3, -0.25) is 14.6 Å². The van der Waals surface area contributed by atoms with Gasteiger partial charge in [-0.2, -0.15) is 0 Å². The van der Waals surface area contributed by atoms with E-state index in [0.717, 1.165) is 77.7 Å². The van der Waals surface area contributed by atoms with Crippen LogP contribution in [0, 0.1) is 11.8 Å². The number of fused-ring (bicyclic) bond motifs is 2. The lowest BCUT2D eigenvalue weighted by atomic mass is 9.79. The lowest BCUT2D eigenvalue weighted by Gasteiger charge is -2.46. The summed E-state index contributed by atoms with van der Waals surface area (Å²) in [5.74, 6) is 1.70. The molecule has 34 heavy (non-hydrogen) atoms. The average molecular weight is 538 g/mol. The molecule has 2 bridgehead atoms. The molecule has 3 fully saturated rings. The van der Waals surface area contributed by atoms with Crippen LogP contribution in [-0.4, -0.2) is 80.8 Å². The van der Waals surface area contributed by atoms with Crippen LogP contribution in [-0.2, 0) is 16.1 Å². The summed E-state index contributed by atoms with van der Waals surface area (Å²) < 4.78 is 5.38. The Morgan fingerprint density at radius 3 is 2.56 bits per heavy atom. The zero-order valence-electron chi connectivity index (χ0n) is 20.2. The number of nitrogens with zero attached hydrogens (tertiary/aromatic N) is 2. The van der Waals surface area contributed by atoms with Crippen molar-refractivity contribution in [1.82, 2.24) is 20.4 Å². The largest absolute Gasteiger partial charge is 0.379 e. The summed E-state index contributed by atoms with van der Waals surface area (Å²) >= 11 is 0. The number of hydrogen-bond acceptors (Lipinski definition) is 5. The van der Waals surface area contributed by atoms with Gasteiger partial charge in [0.25, 0.3) is 0 Å². The van der Waals surface area contributed by atoms with Gasteiger partial charge in [-0.15, -0.1) is 37.2 Å². The molecule has 196 valence electrons. The van der Waals surface area contributed by atoms with Gasteiger partial charge in [-0.25, -0.2) is 0 Å². The lowest BCUT2D eigenvalue weighted by Crippen LogP contribution is -2.55. The van der Waals surface area contributed by atoms with Crippen molar-refractivity contribution >= 4 is 43.1 Å². The number of amides is 1. The van der Waals surface area contributed by atoms with Crippen LogP contribution in [0.25, 0.3) is 0 Å². The summed E-state index contributed by atoms with van der Waals surface area (Å²) in [6.07, 6.45) is 5.11. The molecule has 1 amide bonds. The van der Waals surface area contributed by atoms with Crippen LogP contribution in [0.3, 0.4) is 0 Å². The van der Waals surface area contributed by atoms with Gasteiger partial charge in [-0.1, -0.05) is 30.3 Å². The van der Waals surface area contributed by atoms with Gasteiger partial charge in [0.1, 0.15) is 0 Å². The highest BCUT2D eigenvalue weighted by molar-refractivity contribution is 5.86. The smallest absolute Gasteiger partial charge is 0.219 e. The molecule has 1 aromatic carbocycles. The molecule has 3 saturated heterocycles. The first-order valence-electron chi connectivity index (χ1n) is 12.3. The van der Waals surface area contributed by atoms with E-state index in [1.54, 1.807) is 0 Å². The molecule has 4 rings (SSSR count). The summed E-state index contributed by atoms with van der Waals surface area (Å²) in [7, 11) is 0. The minimum absolute atomic E-state index is 0. The molecule has 6 nitrogen and oxygen atoms in total. The fourth-order valence-electron chi connectivity index (χ4n) is 5.51. The lowest BCUT2D eigenvalue weighted by molar-refractivity contribution is -0.121. The Morgan fingerprint density at radius 1 is 1.03 bits per heavy atom. The highest BCUT2D eigenvalue weighted by Crippen LogP contribution is 2.31. The molecule has 3 aliphatic rings. The monoisotopic (exact) mass is 536 g/mol. The van der Waals surface area contributed by atoms with Crippen LogP contribution in [0.1, 0.15) is 37.7 Å². The minimum Gasteiger partial charge on any atom is -0.379 e. The molecule has 0 aliphatic carbocycles. The molecular formula is C25H43Cl3N4O2. The van der Waals surface area contributed by atoms with E-state index in [4.69, 9.17) is 4.74 Å². The normalized spacial score (nSPS) is 24.8. The third-order valence-corrected chi connectivity index (χ3v) is 7.13. The Bertz CT molecular complexity index is 679. The van der Waals surface area contributed by atoms with Crippen molar-refractivity contribution in [3.05, 3.63) is 35.9 Å². The van der Waals surface area contributed by atoms with E-state index in [2.05, 4.69) is 50.8 Å². The van der Waals surface area contributed by atoms with Crippen molar-refractivity contribution in [2.75, 3.05) is 59.0 Å². The zero-order valence-corrected chi connectivity index (χ0v) is 22.6. The van der Waals surface area contributed by atoms with Gasteiger partial charge in [0, 0.05) is 51.7 Å². The predicted molar refractivity (Wildman–Crippen MR) is 146 cm³/mol.